The van der Waals surface area contributed by atoms with Gasteiger partial charge in [-0.05, 0) is 56.5 Å². The van der Waals surface area contributed by atoms with Gasteiger partial charge in [-0.1, -0.05) is 0 Å². The number of anilines is 2. The van der Waals surface area contributed by atoms with Crippen molar-refractivity contribution < 1.29 is 4.79 Å². The van der Waals surface area contributed by atoms with Crippen LogP contribution in [-0.4, -0.2) is 15.9 Å². The number of rotatable bonds is 3. The number of hydrogen-bond acceptors (Lipinski definition) is 5. The molecule has 2 rings (SSSR count). The zero-order valence-electron chi connectivity index (χ0n) is 10.4. The molecule has 2 aromatic rings. The highest BCUT2D eigenvalue weighted by atomic mass is 79.9. The molecule has 0 aromatic carbocycles. The van der Waals surface area contributed by atoms with Gasteiger partial charge in [0.05, 0.1) is 5.56 Å². The van der Waals surface area contributed by atoms with E-state index in [-0.39, 0.29) is 5.91 Å². The quantitative estimate of drug-likeness (QED) is 0.544. The van der Waals surface area contributed by atoms with E-state index < -0.39 is 0 Å². The zero-order chi connectivity index (χ0) is 14.7. The third kappa shape index (κ3) is 3.33. The summed E-state index contributed by atoms with van der Waals surface area (Å²) in [6.45, 7) is 1.91. The molecule has 2 aromatic heterocycles. The lowest BCUT2D eigenvalue weighted by atomic mass is 10.2. The third-order valence-electron chi connectivity index (χ3n) is 2.52. The molecule has 104 valence electrons. The maximum Gasteiger partial charge on any atom is 0.260 e. The smallest absolute Gasteiger partial charge is 0.260 e. The number of nitrogens with two attached hydrogens (primary N) is 1. The highest BCUT2D eigenvalue weighted by molar-refractivity contribution is 9.10. The van der Waals surface area contributed by atoms with E-state index in [9.17, 15) is 4.79 Å². The number of nitrogens with one attached hydrogen (secondary N) is 2. The first-order valence-electron chi connectivity index (χ1n) is 5.57. The molecule has 0 aliphatic heterocycles. The van der Waals surface area contributed by atoms with Gasteiger partial charge in [-0.25, -0.2) is 15.8 Å². The topological polar surface area (TPSA) is 92.9 Å². The van der Waals surface area contributed by atoms with Crippen molar-refractivity contribution >= 4 is 49.4 Å². The van der Waals surface area contributed by atoms with Crippen LogP contribution in [-0.2, 0) is 0 Å². The molecular formula is C12H11Br2N5O. The highest BCUT2D eigenvalue weighted by Gasteiger charge is 2.14. The van der Waals surface area contributed by atoms with Gasteiger partial charge in [0.1, 0.15) is 5.82 Å². The van der Waals surface area contributed by atoms with Gasteiger partial charge < -0.3 is 10.7 Å². The van der Waals surface area contributed by atoms with Gasteiger partial charge in [-0.15, -0.1) is 0 Å². The van der Waals surface area contributed by atoms with E-state index in [1.165, 1.54) is 0 Å². The number of nitrogen functional groups attached to an aromatic ring is 1. The molecule has 0 radical (unpaired) electrons. The molecule has 0 saturated carbocycles. The van der Waals surface area contributed by atoms with Crippen LogP contribution in [0.4, 0.5) is 11.6 Å². The fourth-order valence-corrected chi connectivity index (χ4v) is 2.07. The molecule has 2 heterocycles. The predicted octanol–water partition coefficient (Wildman–Crippen LogP) is 2.85. The number of hydrazine groups is 1. The van der Waals surface area contributed by atoms with Crippen LogP contribution in [0, 0.1) is 6.92 Å². The van der Waals surface area contributed by atoms with E-state index in [4.69, 9.17) is 5.84 Å². The Kier molecular flexibility index (Phi) is 4.69. The SMILES string of the molecule is Cc1cc(NC(=O)c2cc(Br)cnc2NN)ncc1Br. The fraction of sp³-hybridized carbons (Fsp3) is 0.0833. The second kappa shape index (κ2) is 6.29. The van der Waals surface area contributed by atoms with E-state index in [0.29, 0.717) is 21.7 Å². The number of halogens is 2. The molecule has 0 aliphatic carbocycles. The molecule has 0 unspecified atom stereocenters. The monoisotopic (exact) mass is 399 g/mol. The molecule has 20 heavy (non-hydrogen) atoms. The fourth-order valence-electron chi connectivity index (χ4n) is 1.52. The number of carbonyl (C=O) groups is 1. The average molecular weight is 401 g/mol. The Balaban J connectivity index is 2.27. The molecule has 1 amide bonds. The summed E-state index contributed by atoms with van der Waals surface area (Å²) in [5.74, 6) is 5.75. The number of aryl methyl sites for hydroxylation is 1. The normalized spacial score (nSPS) is 10.2. The summed E-state index contributed by atoms with van der Waals surface area (Å²) in [7, 11) is 0. The minimum absolute atomic E-state index is 0.291. The number of amides is 1. The van der Waals surface area contributed by atoms with E-state index in [1.807, 2.05) is 6.92 Å². The van der Waals surface area contributed by atoms with Gasteiger partial charge in [0.25, 0.3) is 5.91 Å². The van der Waals surface area contributed by atoms with Crippen LogP contribution in [0.1, 0.15) is 15.9 Å². The van der Waals surface area contributed by atoms with Crippen molar-refractivity contribution in [3.05, 3.63) is 44.6 Å². The summed E-state index contributed by atoms with van der Waals surface area (Å²) >= 11 is 6.62. The Labute approximate surface area is 132 Å². The number of hydrogen-bond donors (Lipinski definition) is 3. The summed E-state index contributed by atoms with van der Waals surface area (Å²) in [6, 6.07) is 3.40. The Morgan fingerprint density at radius 3 is 2.65 bits per heavy atom. The van der Waals surface area contributed by atoms with E-state index in [2.05, 4.69) is 52.6 Å². The number of nitrogens with zero attached hydrogens (tertiary/aromatic N) is 2. The lowest BCUT2D eigenvalue weighted by molar-refractivity contribution is 0.102. The van der Waals surface area contributed by atoms with Gasteiger partial charge in [0.2, 0.25) is 0 Å². The van der Waals surface area contributed by atoms with Crippen molar-refractivity contribution in [2.24, 2.45) is 5.84 Å². The van der Waals surface area contributed by atoms with Crippen LogP contribution in [0.3, 0.4) is 0 Å². The number of carbonyl (C=O) groups excluding carboxylic acids is 1. The standard InChI is InChI=1S/C12H11Br2N5O/c1-6-2-10(16-5-9(6)14)18-12(20)8-3-7(13)4-17-11(8)19-15/h2-5H,15H2,1H3,(H,17,19)(H,16,18,20). The maximum atomic E-state index is 12.2. The number of pyridine rings is 2. The van der Waals surface area contributed by atoms with Crippen molar-refractivity contribution in [3.8, 4) is 0 Å². The van der Waals surface area contributed by atoms with Gasteiger partial charge >= 0.3 is 0 Å². The minimum Gasteiger partial charge on any atom is -0.308 e. The van der Waals surface area contributed by atoms with Crippen molar-refractivity contribution in [3.63, 3.8) is 0 Å². The first-order valence-corrected chi connectivity index (χ1v) is 7.15. The van der Waals surface area contributed by atoms with Gasteiger partial charge in [0, 0.05) is 21.3 Å². The predicted molar refractivity (Wildman–Crippen MR) is 84.4 cm³/mol. The lowest BCUT2D eigenvalue weighted by Gasteiger charge is -2.09. The van der Waals surface area contributed by atoms with Crippen LogP contribution in [0.15, 0.2) is 33.5 Å². The Bertz CT molecular complexity index is 662. The molecule has 8 heteroatoms. The lowest BCUT2D eigenvalue weighted by Crippen LogP contribution is -2.19. The first kappa shape index (κ1) is 14.9. The second-order valence-corrected chi connectivity index (χ2v) is 5.74. The molecule has 0 bridgehead atoms. The van der Waals surface area contributed by atoms with Gasteiger partial charge in [-0.2, -0.15) is 0 Å². The largest absolute Gasteiger partial charge is 0.308 e. The minimum atomic E-state index is -0.346. The Morgan fingerprint density at radius 2 is 2.00 bits per heavy atom. The highest BCUT2D eigenvalue weighted by Crippen LogP contribution is 2.20. The van der Waals surface area contributed by atoms with Crippen LogP contribution in [0.5, 0.6) is 0 Å². The van der Waals surface area contributed by atoms with Crippen molar-refractivity contribution in [1.82, 2.24) is 9.97 Å². The summed E-state index contributed by atoms with van der Waals surface area (Å²) in [5.41, 5.74) is 3.68. The molecule has 0 atom stereocenters. The summed E-state index contributed by atoms with van der Waals surface area (Å²) < 4.78 is 1.56. The van der Waals surface area contributed by atoms with Crippen LogP contribution in [0.2, 0.25) is 0 Å². The third-order valence-corrected chi connectivity index (χ3v) is 3.79. The molecule has 0 spiro atoms. The summed E-state index contributed by atoms with van der Waals surface area (Å²) in [5, 5.41) is 2.70. The van der Waals surface area contributed by atoms with Gasteiger partial charge in [0.15, 0.2) is 5.82 Å². The van der Waals surface area contributed by atoms with Gasteiger partial charge in [-0.3, -0.25) is 4.79 Å². The first-order chi connectivity index (χ1) is 9.51. The molecule has 4 N–H and O–H groups in total. The van der Waals surface area contributed by atoms with Crippen molar-refractivity contribution in [1.29, 1.82) is 0 Å². The molecular weight excluding hydrogens is 390 g/mol. The van der Waals surface area contributed by atoms with E-state index in [0.717, 1.165) is 10.0 Å². The Morgan fingerprint density at radius 1 is 1.25 bits per heavy atom. The second-order valence-electron chi connectivity index (χ2n) is 3.97. The van der Waals surface area contributed by atoms with Crippen molar-refractivity contribution in [2.45, 2.75) is 6.92 Å². The van der Waals surface area contributed by atoms with Crippen molar-refractivity contribution in [2.75, 3.05) is 10.7 Å². The number of aromatic nitrogens is 2. The van der Waals surface area contributed by atoms with Crippen LogP contribution in [0.25, 0.3) is 0 Å². The molecule has 6 nitrogen and oxygen atoms in total. The van der Waals surface area contributed by atoms with Crippen LogP contribution >= 0.6 is 31.9 Å². The zero-order valence-corrected chi connectivity index (χ0v) is 13.6. The Hall–Kier alpha value is -1.51. The van der Waals surface area contributed by atoms with Crippen LogP contribution < -0.4 is 16.6 Å². The van der Waals surface area contributed by atoms with E-state index >= 15 is 0 Å². The summed E-state index contributed by atoms with van der Waals surface area (Å²) in [4.78, 5) is 20.4. The molecule has 0 fully saturated rings. The molecule has 0 aliphatic rings. The van der Waals surface area contributed by atoms with E-state index in [1.54, 1.807) is 24.5 Å². The average Bonchev–Trinajstić information content (AvgIpc) is 2.43. The summed E-state index contributed by atoms with van der Waals surface area (Å²) in [6.07, 6.45) is 3.18. The molecule has 0 saturated heterocycles. The maximum absolute atomic E-state index is 12.2.